The average Bonchev–Trinajstić information content (AvgIpc) is 2.90. The Labute approximate surface area is 203 Å². The van der Waals surface area contributed by atoms with Crippen LogP contribution in [0, 0.1) is 12.9 Å². The molecule has 0 fully saturated rings. The maximum Gasteiger partial charge on any atom is 0.253 e. The summed E-state index contributed by atoms with van der Waals surface area (Å²) in [5, 5.41) is 2.77. The van der Waals surface area contributed by atoms with Crippen LogP contribution in [0.2, 0.25) is 0 Å². The summed E-state index contributed by atoms with van der Waals surface area (Å²) in [6, 6.07) is 21.7. The topological polar surface area (TPSA) is 75.2 Å². The van der Waals surface area contributed by atoms with E-state index in [-0.39, 0.29) is 18.4 Å². The third-order valence-electron chi connectivity index (χ3n) is 5.60. The van der Waals surface area contributed by atoms with Crippen LogP contribution in [0.1, 0.15) is 34.8 Å². The minimum Gasteiger partial charge on any atom is -0.348 e. The lowest BCUT2D eigenvalue weighted by Crippen LogP contribution is -2.25. The number of amides is 2. The Bertz CT molecular complexity index is 1320. The number of hydrogen-bond acceptors (Lipinski definition) is 4. The van der Waals surface area contributed by atoms with Crippen molar-refractivity contribution in [3.63, 3.8) is 0 Å². The number of carbonyl (C=O) groups is 2. The Morgan fingerprint density at radius 1 is 0.914 bits per heavy atom. The van der Waals surface area contributed by atoms with E-state index in [1.54, 1.807) is 23.1 Å². The summed E-state index contributed by atoms with van der Waals surface area (Å²) in [5.41, 5.74) is 5.35. The van der Waals surface area contributed by atoms with Crippen molar-refractivity contribution in [1.29, 1.82) is 0 Å². The van der Waals surface area contributed by atoms with Crippen LogP contribution in [0.3, 0.4) is 0 Å². The van der Waals surface area contributed by atoms with Gasteiger partial charge in [0.05, 0.1) is 16.9 Å². The van der Waals surface area contributed by atoms with Crippen LogP contribution in [-0.4, -0.2) is 21.8 Å². The molecule has 176 valence electrons. The molecular formula is C28H25FN4O2. The van der Waals surface area contributed by atoms with Crippen molar-refractivity contribution < 1.29 is 14.0 Å². The van der Waals surface area contributed by atoms with Crippen molar-refractivity contribution in [2.45, 2.75) is 26.8 Å². The van der Waals surface area contributed by atoms with Crippen LogP contribution in [-0.2, 0) is 11.3 Å². The van der Waals surface area contributed by atoms with Crippen molar-refractivity contribution in [1.82, 2.24) is 15.3 Å². The van der Waals surface area contributed by atoms with Crippen molar-refractivity contribution >= 4 is 23.2 Å². The molecule has 4 aromatic rings. The minimum atomic E-state index is -0.562. The second-order valence-electron chi connectivity index (χ2n) is 8.02. The van der Waals surface area contributed by atoms with Gasteiger partial charge in [0.2, 0.25) is 11.9 Å². The molecule has 0 saturated heterocycles. The molecule has 0 unspecified atom stereocenters. The monoisotopic (exact) mass is 468 g/mol. The first-order valence-corrected chi connectivity index (χ1v) is 11.3. The zero-order valence-electron chi connectivity index (χ0n) is 19.5. The molecule has 2 aromatic heterocycles. The highest BCUT2D eigenvalue weighted by atomic mass is 19.1. The van der Waals surface area contributed by atoms with Crippen molar-refractivity contribution in [2.75, 3.05) is 4.90 Å². The van der Waals surface area contributed by atoms with Gasteiger partial charge in [-0.1, -0.05) is 43.3 Å². The molecule has 0 radical (unpaired) electrons. The maximum absolute atomic E-state index is 12.9. The first-order chi connectivity index (χ1) is 17.0. The van der Waals surface area contributed by atoms with Gasteiger partial charge in [-0.05, 0) is 54.4 Å². The van der Waals surface area contributed by atoms with E-state index in [2.05, 4.69) is 15.3 Å². The number of aromatic nitrogens is 2. The van der Waals surface area contributed by atoms with E-state index in [9.17, 15) is 14.0 Å². The SMILES string of the molecule is CCC(=O)N(c1ccc(-c2ccc(C(=O)NCc3ccc(F)nc3)cn2)cc1)c1ccccc1C. The molecule has 0 atom stereocenters. The summed E-state index contributed by atoms with van der Waals surface area (Å²) >= 11 is 0. The second kappa shape index (κ2) is 10.7. The van der Waals surface area contributed by atoms with Gasteiger partial charge in [-0.3, -0.25) is 19.5 Å². The largest absolute Gasteiger partial charge is 0.348 e. The Kier molecular flexibility index (Phi) is 7.26. The highest BCUT2D eigenvalue weighted by Crippen LogP contribution is 2.30. The zero-order valence-corrected chi connectivity index (χ0v) is 19.5. The molecule has 0 aliphatic heterocycles. The molecule has 1 N–H and O–H groups in total. The van der Waals surface area contributed by atoms with Crippen LogP contribution in [0.4, 0.5) is 15.8 Å². The van der Waals surface area contributed by atoms with Gasteiger partial charge < -0.3 is 5.32 Å². The van der Waals surface area contributed by atoms with Crippen molar-refractivity contribution in [3.8, 4) is 11.3 Å². The fraction of sp³-hybridized carbons (Fsp3) is 0.143. The summed E-state index contributed by atoms with van der Waals surface area (Å²) in [6.07, 6.45) is 3.29. The Balaban J connectivity index is 1.48. The molecule has 0 bridgehead atoms. The third-order valence-corrected chi connectivity index (χ3v) is 5.60. The normalized spacial score (nSPS) is 10.6. The molecule has 35 heavy (non-hydrogen) atoms. The molecule has 0 aliphatic rings. The lowest BCUT2D eigenvalue weighted by atomic mass is 10.1. The molecular weight excluding hydrogens is 443 g/mol. The summed E-state index contributed by atoms with van der Waals surface area (Å²) in [5.74, 6) is -0.833. The smallest absolute Gasteiger partial charge is 0.253 e. The van der Waals surface area contributed by atoms with Gasteiger partial charge in [-0.15, -0.1) is 0 Å². The van der Waals surface area contributed by atoms with E-state index in [0.29, 0.717) is 23.2 Å². The second-order valence-corrected chi connectivity index (χ2v) is 8.02. The molecule has 2 amide bonds. The Hall–Kier alpha value is -4.39. The minimum absolute atomic E-state index is 0.0111. The fourth-order valence-corrected chi connectivity index (χ4v) is 3.67. The summed E-state index contributed by atoms with van der Waals surface area (Å²) in [4.78, 5) is 34.9. The Morgan fingerprint density at radius 3 is 2.31 bits per heavy atom. The predicted molar refractivity (Wildman–Crippen MR) is 134 cm³/mol. The highest BCUT2D eigenvalue weighted by Gasteiger charge is 2.18. The number of rotatable bonds is 7. The molecule has 2 aromatic carbocycles. The zero-order chi connectivity index (χ0) is 24.8. The van der Waals surface area contributed by atoms with Crippen LogP contribution in [0.15, 0.2) is 85.2 Å². The van der Waals surface area contributed by atoms with Crippen molar-refractivity contribution in [3.05, 3.63) is 108 Å². The van der Waals surface area contributed by atoms with Crippen molar-refractivity contribution in [2.24, 2.45) is 0 Å². The van der Waals surface area contributed by atoms with Crippen LogP contribution in [0.5, 0.6) is 0 Å². The number of benzene rings is 2. The van der Waals surface area contributed by atoms with Gasteiger partial charge in [-0.25, -0.2) is 4.98 Å². The van der Waals surface area contributed by atoms with Gasteiger partial charge in [-0.2, -0.15) is 4.39 Å². The van der Waals surface area contributed by atoms with Gasteiger partial charge in [0, 0.05) is 36.6 Å². The summed E-state index contributed by atoms with van der Waals surface area (Å²) < 4.78 is 12.9. The van der Waals surface area contributed by atoms with E-state index in [0.717, 1.165) is 22.5 Å². The van der Waals surface area contributed by atoms with E-state index < -0.39 is 5.95 Å². The van der Waals surface area contributed by atoms with Gasteiger partial charge in [0.15, 0.2) is 0 Å². The fourth-order valence-electron chi connectivity index (χ4n) is 3.67. The Morgan fingerprint density at radius 2 is 1.69 bits per heavy atom. The number of anilines is 2. The third kappa shape index (κ3) is 5.58. The first kappa shape index (κ1) is 23.8. The number of nitrogens with zero attached hydrogens (tertiary/aromatic N) is 3. The maximum atomic E-state index is 12.9. The molecule has 4 rings (SSSR count). The number of hydrogen-bond donors (Lipinski definition) is 1. The quantitative estimate of drug-likeness (QED) is 0.359. The molecule has 6 nitrogen and oxygen atoms in total. The summed E-state index contributed by atoms with van der Waals surface area (Å²) in [6.45, 7) is 4.07. The molecule has 2 heterocycles. The van der Waals surface area contributed by atoms with Gasteiger partial charge in [0.25, 0.3) is 5.91 Å². The molecule has 0 aliphatic carbocycles. The van der Waals surface area contributed by atoms with Gasteiger partial charge >= 0.3 is 0 Å². The number of aryl methyl sites for hydroxylation is 1. The number of pyridine rings is 2. The number of halogens is 1. The average molecular weight is 469 g/mol. The molecule has 0 saturated carbocycles. The first-order valence-electron chi connectivity index (χ1n) is 11.3. The number of para-hydroxylation sites is 1. The summed E-state index contributed by atoms with van der Waals surface area (Å²) in [7, 11) is 0. The molecule has 7 heteroatoms. The highest BCUT2D eigenvalue weighted by molar-refractivity contribution is 6.01. The molecule has 0 spiro atoms. The van der Waals surface area contributed by atoms with E-state index in [1.807, 2.05) is 62.4 Å². The van der Waals surface area contributed by atoms with E-state index in [4.69, 9.17) is 0 Å². The lowest BCUT2D eigenvalue weighted by Gasteiger charge is -2.24. The standard InChI is InChI=1S/C28H25FN4O2/c1-3-27(34)33(25-7-5-4-6-19(25)2)23-12-9-21(10-13-23)24-14-11-22(18-30-24)28(35)32-17-20-8-15-26(29)31-16-20/h4-16,18H,3,17H2,1-2H3,(H,32,35). The predicted octanol–water partition coefficient (Wildman–Crippen LogP) is 5.60. The lowest BCUT2D eigenvalue weighted by molar-refractivity contribution is -0.117. The van der Waals surface area contributed by atoms with E-state index >= 15 is 0 Å². The van der Waals surface area contributed by atoms with Crippen LogP contribution < -0.4 is 10.2 Å². The van der Waals surface area contributed by atoms with E-state index in [1.165, 1.54) is 18.5 Å². The number of nitrogens with one attached hydrogen (secondary N) is 1. The van der Waals surface area contributed by atoms with Crippen LogP contribution in [0.25, 0.3) is 11.3 Å². The van der Waals surface area contributed by atoms with Gasteiger partial charge in [0.1, 0.15) is 0 Å². The van der Waals surface area contributed by atoms with Crippen LogP contribution >= 0.6 is 0 Å². The number of carbonyl (C=O) groups excluding carboxylic acids is 2.